The van der Waals surface area contributed by atoms with Gasteiger partial charge < -0.3 is 20.9 Å². The highest BCUT2D eigenvalue weighted by Gasteiger charge is 2.18. The van der Waals surface area contributed by atoms with Crippen molar-refractivity contribution in [2.24, 2.45) is 0 Å². The lowest BCUT2D eigenvalue weighted by atomic mass is 9.95. The molecule has 0 bridgehead atoms. The van der Waals surface area contributed by atoms with Crippen LogP contribution < -0.4 is 16.0 Å². The summed E-state index contributed by atoms with van der Waals surface area (Å²) in [6, 6.07) is 14.6. The number of amides is 3. The van der Waals surface area contributed by atoms with E-state index in [4.69, 9.17) is 0 Å². The number of nitrogens with zero attached hydrogens (tertiary/aromatic N) is 1. The van der Waals surface area contributed by atoms with Crippen LogP contribution in [0.5, 0.6) is 0 Å². The summed E-state index contributed by atoms with van der Waals surface area (Å²) in [6.07, 6.45) is 10.1. The van der Waals surface area contributed by atoms with Crippen LogP contribution in [-0.2, 0) is 4.79 Å². The van der Waals surface area contributed by atoms with E-state index in [-0.39, 0.29) is 30.3 Å². The van der Waals surface area contributed by atoms with Gasteiger partial charge in [0.25, 0.3) is 11.8 Å². The molecule has 2 fully saturated rings. The highest BCUT2D eigenvalue weighted by Crippen LogP contribution is 2.19. The average Bonchev–Trinajstić information content (AvgIpc) is 3.18. The van der Waals surface area contributed by atoms with Crippen molar-refractivity contribution in [1.29, 1.82) is 0 Å². The zero-order valence-electron chi connectivity index (χ0n) is 20.4. The Morgan fingerprint density at radius 1 is 0.771 bits per heavy atom. The van der Waals surface area contributed by atoms with Gasteiger partial charge in [-0.05, 0) is 62.1 Å². The van der Waals surface area contributed by atoms with Crippen LogP contribution in [-0.4, -0.2) is 48.3 Å². The number of rotatable bonds is 7. The minimum Gasteiger partial charge on any atom is -0.376 e. The highest BCUT2D eigenvalue weighted by atomic mass is 16.2. The third kappa shape index (κ3) is 7.31. The smallest absolute Gasteiger partial charge is 0.253 e. The van der Waals surface area contributed by atoms with Gasteiger partial charge in [-0.3, -0.25) is 14.4 Å². The second kappa shape index (κ2) is 12.4. The fraction of sp³-hybridized carbons (Fsp3) is 0.464. The van der Waals surface area contributed by atoms with Gasteiger partial charge in [0.1, 0.15) is 0 Å². The van der Waals surface area contributed by atoms with Crippen molar-refractivity contribution in [2.45, 2.75) is 63.8 Å². The van der Waals surface area contributed by atoms with Crippen LogP contribution in [0.25, 0.3) is 0 Å². The molecular formula is C28H36N4O3. The maximum Gasteiger partial charge on any atom is 0.253 e. The standard InChI is InChI=1S/C28H36N4O3/c33-26(30-25-15-9-11-22(19-25)28(35)32-16-6-1-2-7-17-32)20-29-24-14-8-10-21(18-24)27(34)31-23-12-4-3-5-13-23/h8-11,14-15,18-19,23,29H,1-7,12-13,16-17,20H2,(H,30,33)(H,31,34). The number of carbonyl (C=O) groups excluding carboxylic acids is 3. The fourth-order valence-corrected chi connectivity index (χ4v) is 4.86. The van der Waals surface area contributed by atoms with Gasteiger partial charge in [0.15, 0.2) is 0 Å². The number of anilines is 2. The predicted octanol–water partition coefficient (Wildman–Crippen LogP) is 4.82. The summed E-state index contributed by atoms with van der Waals surface area (Å²) in [6.45, 7) is 1.63. The Balaban J connectivity index is 1.29. The van der Waals surface area contributed by atoms with E-state index in [9.17, 15) is 14.4 Å². The van der Waals surface area contributed by atoms with Crippen LogP contribution in [0.2, 0.25) is 0 Å². The predicted molar refractivity (Wildman–Crippen MR) is 139 cm³/mol. The minimum absolute atomic E-state index is 0.0180. The third-order valence-electron chi connectivity index (χ3n) is 6.80. The lowest BCUT2D eigenvalue weighted by molar-refractivity contribution is -0.114. The molecular weight excluding hydrogens is 440 g/mol. The first-order valence-electron chi connectivity index (χ1n) is 12.9. The van der Waals surface area contributed by atoms with E-state index in [1.807, 2.05) is 17.0 Å². The molecule has 1 saturated carbocycles. The van der Waals surface area contributed by atoms with Gasteiger partial charge >= 0.3 is 0 Å². The Kier molecular flexibility index (Phi) is 8.76. The maximum absolute atomic E-state index is 12.9. The summed E-state index contributed by atoms with van der Waals surface area (Å²) in [4.78, 5) is 40.0. The Labute approximate surface area is 207 Å². The molecule has 0 radical (unpaired) electrons. The van der Waals surface area contributed by atoms with E-state index in [2.05, 4.69) is 16.0 Å². The molecule has 2 aliphatic rings. The molecule has 4 rings (SSSR count). The van der Waals surface area contributed by atoms with Crippen LogP contribution in [0.4, 0.5) is 11.4 Å². The summed E-state index contributed by atoms with van der Waals surface area (Å²) >= 11 is 0. The average molecular weight is 477 g/mol. The van der Waals surface area contributed by atoms with Crippen LogP contribution in [0, 0.1) is 0 Å². The molecule has 2 aromatic rings. The second-order valence-corrected chi connectivity index (χ2v) is 9.58. The fourth-order valence-electron chi connectivity index (χ4n) is 4.86. The number of hydrogen-bond acceptors (Lipinski definition) is 4. The Bertz CT molecular complexity index is 1020. The van der Waals surface area contributed by atoms with Gasteiger partial charge in [-0.25, -0.2) is 0 Å². The van der Waals surface area contributed by atoms with Gasteiger partial charge in [0, 0.05) is 41.6 Å². The summed E-state index contributed by atoms with van der Waals surface area (Å²) in [5, 5.41) is 9.08. The largest absolute Gasteiger partial charge is 0.376 e. The molecule has 1 aliphatic heterocycles. The van der Waals surface area contributed by atoms with Gasteiger partial charge in [-0.15, -0.1) is 0 Å². The van der Waals surface area contributed by atoms with Crippen molar-refractivity contribution in [2.75, 3.05) is 30.3 Å². The molecule has 1 saturated heterocycles. The molecule has 3 amide bonds. The van der Waals surface area contributed by atoms with Crippen LogP contribution in [0.15, 0.2) is 48.5 Å². The van der Waals surface area contributed by atoms with Crippen LogP contribution in [0.1, 0.15) is 78.5 Å². The summed E-state index contributed by atoms with van der Waals surface area (Å²) < 4.78 is 0. The molecule has 2 aromatic carbocycles. The van der Waals surface area contributed by atoms with E-state index >= 15 is 0 Å². The van der Waals surface area contributed by atoms with Crippen LogP contribution in [0.3, 0.4) is 0 Å². The first-order valence-corrected chi connectivity index (χ1v) is 12.9. The normalized spacial score (nSPS) is 16.7. The Morgan fingerprint density at radius 2 is 1.40 bits per heavy atom. The summed E-state index contributed by atoms with van der Waals surface area (Å²) in [5.41, 5.74) is 2.48. The van der Waals surface area contributed by atoms with Gasteiger partial charge in [0.05, 0.1) is 6.54 Å². The highest BCUT2D eigenvalue weighted by molar-refractivity contribution is 5.98. The van der Waals surface area contributed by atoms with Gasteiger partial charge in [0.2, 0.25) is 5.91 Å². The molecule has 0 spiro atoms. The molecule has 7 nitrogen and oxygen atoms in total. The number of hydrogen-bond donors (Lipinski definition) is 3. The molecule has 7 heteroatoms. The maximum atomic E-state index is 12.9. The van der Waals surface area contributed by atoms with Crippen molar-refractivity contribution in [3.05, 3.63) is 59.7 Å². The Hall–Kier alpha value is -3.35. The van der Waals surface area contributed by atoms with Gasteiger partial charge in [-0.2, -0.15) is 0 Å². The molecule has 186 valence electrons. The SMILES string of the molecule is O=C(CNc1cccc(C(=O)NC2CCCCC2)c1)Nc1cccc(C(=O)N2CCCCCC2)c1. The Morgan fingerprint density at radius 3 is 2.14 bits per heavy atom. The van der Waals surface area contributed by atoms with Crippen molar-refractivity contribution < 1.29 is 14.4 Å². The lowest BCUT2D eigenvalue weighted by Crippen LogP contribution is -2.36. The zero-order valence-corrected chi connectivity index (χ0v) is 20.4. The van der Waals surface area contributed by atoms with E-state index < -0.39 is 0 Å². The van der Waals surface area contributed by atoms with Crippen molar-refractivity contribution >= 4 is 29.1 Å². The van der Waals surface area contributed by atoms with Gasteiger partial charge in [-0.1, -0.05) is 44.2 Å². The van der Waals surface area contributed by atoms with E-state index in [1.165, 1.54) is 19.3 Å². The van der Waals surface area contributed by atoms with E-state index in [0.717, 1.165) is 51.6 Å². The molecule has 1 aliphatic carbocycles. The zero-order chi connectivity index (χ0) is 24.5. The van der Waals surface area contributed by atoms with E-state index in [0.29, 0.717) is 22.5 Å². The number of likely N-dealkylation sites (tertiary alicyclic amines) is 1. The summed E-state index contributed by atoms with van der Waals surface area (Å²) in [5.74, 6) is -0.276. The second-order valence-electron chi connectivity index (χ2n) is 9.58. The topological polar surface area (TPSA) is 90.5 Å². The van der Waals surface area contributed by atoms with Crippen LogP contribution >= 0.6 is 0 Å². The molecule has 1 heterocycles. The molecule has 35 heavy (non-hydrogen) atoms. The molecule has 0 unspecified atom stereocenters. The first-order chi connectivity index (χ1) is 17.1. The van der Waals surface area contributed by atoms with Crippen molar-refractivity contribution in [3.63, 3.8) is 0 Å². The molecule has 3 N–H and O–H groups in total. The summed E-state index contributed by atoms with van der Waals surface area (Å²) in [7, 11) is 0. The number of nitrogens with one attached hydrogen (secondary N) is 3. The monoisotopic (exact) mass is 476 g/mol. The minimum atomic E-state index is -0.221. The molecule has 0 atom stereocenters. The number of benzene rings is 2. The lowest BCUT2D eigenvalue weighted by Gasteiger charge is -2.22. The quantitative estimate of drug-likeness (QED) is 0.535. The molecule has 0 aromatic heterocycles. The first kappa shape index (κ1) is 24.8. The van der Waals surface area contributed by atoms with E-state index in [1.54, 1.807) is 36.4 Å². The van der Waals surface area contributed by atoms with Crippen molar-refractivity contribution in [3.8, 4) is 0 Å². The number of carbonyl (C=O) groups is 3. The van der Waals surface area contributed by atoms with Crippen molar-refractivity contribution in [1.82, 2.24) is 10.2 Å². The third-order valence-corrected chi connectivity index (χ3v) is 6.80.